The highest BCUT2D eigenvalue weighted by Gasteiger charge is 2.39. The Bertz CT molecular complexity index is 1240. The van der Waals surface area contributed by atoms with Gasteiger partial charge in [-0.15, -0.1) is 11.8 Å². The normalized spacial score (nSPS) is 20.5. The van der Waals surface area contributed by atoms with Gasteiger partial charge in [0.1, 0.15) is 17.7 Å². The Balaban J connectivity index is 1.25. The van der Waals surface area contributed by atoms with Crippen molar-refractivity contribution in [3.05, 3.63) is 71.8 Å². The Kier molecular flexibility index (Phi) is 12.4. The Labute approximate surface area is 283 Å². The highest BCUT2D eigenvalue weighted by molar-refractivity contribution is 7.99. The van der Waals surface area contributed by atoms with Crippen molar-refractivity contribution < 1.29 is 19.1 Å². The molecule has 2 aromatic carbocycles. The highest BCUT2D eigenvalue weighted by atomic mass is 32.2. The van der Waals surface area contributed by atoms with E-state index < -0.39 is 23.8 Å². The van der Waals surface area contributed by atoms with E-state index in [1.54, 1.807) is 11.8 Å². The number of carbonyl (C=O) groups excluding carboxylic acids is 3. The molecule has 2 heterocycles. The van der Waals surface area contributed by atoms with Gasteiger partial charge >= 0.3 is 6.09 Å². The first kappa shape index (κ1) is 34.6. The first-order chi connectivity index (χ1) is 22.2. The van der Waals surface area contributed by atoms with Gasteiger partial charge in [-0.2, -0.15) is 11.8 Å². The summed E-state index contributed by atoms with van der Waals surface area (Å²) in [6.07, 6.45) is 5.87. The lowest BCUT2D eigenvalue weighted by Crippen LogP contribution is -2.58. The number of hydrogen-bond acceptors (Lipinski definition) is 7. The van der Waals surface area contributed by atoms with E-state index in [0.29, 0.717) is 36.4 Å². The molecule has 0 unspecified atom stereocenters. The second kappa shape index (κ2) is 16.4. The largest absolute Gasteiger partial charge is 0.444 e. The van der Waals surface area contributed by atoms with Crippen LogP contribution in [-0.2, 0) is 14.3 Å². The van der Waals surface area contributed by atoms with Gasteiger partial charge in [0, 0.05) is 37.7 Å². The number of piperazine rings is 1. The SMILES string of the molecule is CC(C)(C)OC(=O)N1CSC[C@H]1C(=O)N[C@@H](CSCC1CCCCC1)C(=O)N1CCN(C(c2ccccc2)c2ccccc2)CC1. The molecule has 2 aromatic rings. The van der Waals surface area contributed by atoms with E-state index >= 15 is 0 Å². The first-order valence-corrected chi connectivity index (χ1v) is 19.1. The topological polar surface area (TPSA) is 82.2 Å². The standard InChI is InChI=1S/C36H50N4O4S2/c1-36(2,3)44-35(43)40-26-46-25-31(40)33(41)37-30(24-45-23-27-13-7-4-8-14-27)34(42)39-21-19-38(20-22-39)32(28-15-9-5-10-16-28)29-17-11-6-12-18-29/h5-6,9-12,15-18,27,30-32H,4,7-8,13-14,19-26H2,1-3H3,(H,37,41)/t30-,31-/m0/s1. The van der Waals surface area contributed by atoms with Crippen molar-refractivity contribution in [2.24, 2.45) is 5.92 Å². The highest BCUT2D eigenvalue weighted by Crippen LogP contribution is 2.31. The molecule has 5 rings (SSSR count). The number of thioether (sulfide) groups is 2. The van der Waals surface area contributed by atoms with Gasteiger partial charge in [-0.05, 0) is 56.4 Å². The summed E-state index contributed by atoms with van der Waals surface area (Å²) in [6.45, 7) is 8.13. The number of amides is 3. The van der Waals surface area contributed by atoms with Crippen LogP contribution in [-0.4, -0.2) is 99.6 Å². The van der Waals surface area contributed by atoms with Gasteiger partial charge in [-0.1, -0.05) is 79.9 Å². The molecular formula is C36H50N4O4S2. The average Bonchev–Trinajstić information content (AvgIpc) is 3.56. The molecule has 2 saturated heterocycles. The third kappa shape index (κ3) is 9.44. The van der Waals surface area contributed by atoms with E-state index in [1.165, 1.54) is 59.9 Å². The second-order valence-electron chi connectivity index (χ2n) is 13.7. The monoisotopic (exact) mass is 666 g/mol. The number of nitrogens with zero attached hydrogens (tertiary/aromatic N) is 3. The van der Waals surface area contributed by atoms with E-state index in [2.05, 4.69) is 58.7 Å². The summed E-state index contributed by atoms with van der Waals surface area (Å²) >= 11 is 3.31. The Morgan fingerprint density at radius 3 is 2.11 bits per heavy atom. The minimum Gasteiger partial charge on any atom is -0.444 e. The lowest BCUT2D eigenvalue weighted by Gasteiger charge is -2.41. The fourth-order valence-electron chi connectivity index (χ4n) is 6.61. The van der Waals surface area contributed by atoms with Crippen LogP contribution in [0.3, 0.4) is 0 Å². The van der Waals surface area contributed by atoms with Crippen LogP contribution < -0.4 is 5.32 Å². The van der Waals surface area contributed by atoms with Crippen LogP contribution in [0.4, 0.5) is 4.79 Å². The Morgan fingerprint density at radius 1 is 0.913 bits per heavy atom. The number of carbonyl (C=O) groups is 3. The summed E-state index contributed by atoms with van der Waals surface area (Å²) in [4.78, 5) is 46.6. The van der Waals surface area contributed by atoms with Crippen molar-refractivity contribution in [3.63, 3.8) is 0 Å². The van der Waals surface area contributed by atoms with Crippen LogP contribution in [0.2, 0.25) is 0 Å². The smallest absolute Gasteiger partial charge is 0.411 e. The number of benzene rings is 2. The maximum absolute atomic E-state index is 14.1. The zero-order valence-electron chi connectivity index (χ0n) is 27.6. The van der Waals surface area contributed by atoms with Gasteiger partial charge in [0.2, 0.25) is 11.8 Å². The summed E-state index contributed by atoms with van der Waals surface area (Å²) in [5.74, 6) is 2.79. The molecule has 2 aliphatic heterocycles. The van der Waals surface area contributed by atoms with Crippen molar-refractivity contribution in [2.75, 3.05) is 49.3 Å². The number of nitrogens with one attached hydrogen (secondary N) is 1. The van der Waals surface area contributed by atoms with E-state index in [0.717, 1.165) is 18.8 Å². The molecule has 46 heavy (non-hydrogen) atoms. The minimum atomic E-state index is -0.659. The Morgan fingerprint density at radius 2 is 1.52 bits per heavy atom. The van der Waals surface area contributed by atoms with Crippen molar-refractivity contribution in [1.29, 1.82) is 0 Å². The van der Waals surface area contributed by atoms with Crippen LogP contribution in [0.1, 0.15) is 70.0 Å². The van der Waals surface area contributed by atoms with Crippen LogP contribution >= 0.6 is 23.5 Å². The number of rotatable bonds is 10. The average molecular weight is 667 g/mol. The van der Waals surface area contributed by atoms with Crippen LogP contribution in [0.15, 0.2) is 60.7 Å². The summed E-state index contributed by atoms with van der Waals surface area (Å²) in [5.41, 5.74) is 1.82. The zero-order chi connectivity index (χ0) is 32.5. The van der Waals surface area contributed by atoms with Gasteiger partial charge < -0.3 is 15.0 Å². The maximum Gasteiger partial charge on any atom is 0.411 e. The fraction of sp³-hybridized carbons (Fsp3) is 0.583. The zero-order valence-corrected chi connectivity index (χ0v) is 29.2. The summed E-state index contributed by atoms with van der Waals surface area (Å²) in [5, 5.41) is 3.10. The molecule has 0 spiro atoms. The van der Waals surface area contributed by atoms with Crippen molar-refractivity contribution in [3.8, 4) is 0 Å². The van der Waals surface area contributed by atoms with E-state index in [4.69, 9.17) is 4.74 Å². The van der Waals surface area contributed by atoms with Gasteiger partial charge in [-0.3, -0.25) is 19.4 Å². The first-order valence-electron chi connectivity index (χ1n) is 16.8. The molecular weight excluding hydrogens is 617 g/mol. The lowest BCUT2D eigenvalue weighted by atomic mass is 9.91. The van der Waals surface area contributed by atoms with Crippen molar-refractivity contribution >= 4 is 41.4 Å². The second-order valence-corrected chi connectivity index (χ2v) is 15.7. The van der Waals surface area contributed by atoms with Gasteiger partial charge in [0.15, 0.2) is 0 Å². The third-order valence-electron chi connectivity index (χ3n) is 9.01. The summed E-state index contributed by atoms with van der Waals surface area (Å²) in [6, 6.07) is 19.9. The predicted octanol–water partition coefficient (Wildman–Crippen LogP) is 6.03. The van der Waals surface area contributed by atoms with Crippen LogP contribution in [0.25, 0.3) is 0 Å². The fourth-order valence-corrected chi connectivity index (χ4v) is 9.02. The van der Waals surface area contributed by atoms with Crippen molar-refractivity contribution in [1.82, 2.24) is 20.0 Å². The molecule has 1 N–H and O–H groups in total. The summed E-state index contributed by atoms with van der Waals surface area (Å²) in [7, 11) is 0. The molecule has 3 amide bonds. The third-order valence-corrected chi connectivity index (χ3v) is 11.3. The van der Waals surface area contributed by atoms with Crippen LogP contribution in [0.5, 0.6) is 0 Å². The van der Waals surface area contributed by atoms with Crippen LogP contribution in [0, 0.1) is 5.92 Å². The maximum atomic E-state index is 14.1. The minimum absolute atomic E-state index is 0.0328. The Hall–Kier alpha value is -2.69. The molecule has 1 saturated carbocycles. The van der Waals surface area contributed by atoms with E-state index in [1.807, 2.05) is 37.8 Å². The lowest BCUT2D eigenvalue weighted by molar-refractivity contribution is -0.138. The number of ether oxygens (including phenoxy) is 1. The van der Waals surface area contributed by atoms with Gasteiger partial charge in [-0.25, -0.2) is 4.79 Å². The van der Waals surface area contributed by atoms with Crippen molar-refractivity contribution in [2.45, 2.75) is 76.6 Å². The molecule has 0 aromatic heterocycles. The van der Waals surface area contributed by atoms with Gasteiger partial charge in [0.05, 0.1) is 11.9 Å². The van der Waals surface area contributed by atoms with E-state index in [9.17, 15) is 14.4 Å². The quantitative estimate of drug-likeness (QED) is 0.332. The van der Waals surface area contributed by atoms with Gasteiger partial charge in [0.25, 0.3) is 0 Å². The number of hydrogen-bond donors (Lipinski definition) is 1. The molecule has 8 nitrogen and oxygen atoms in total. The molecule has 1 aliphatic carbocycles. The molecule has 2 atom stereocenters. The van der Waals surface area contributed by atoms with E-state index in [-0.39, 0.29) is 17.9 Å². The predicted molar refractivity (Wildman–Crippen MR) is 188 cm³/mol. The summed E-state index contributed by atoms with van der Waals surface area (Å²) < 4.78 is 5.58. The molecule has 3 fully saturated rings. The molecule has 0 bridgehead atoms. The molecule has 250 valence electrons. The molecule has 3 aliphatic rings. The molecule has 0 radical (unpaired) electrons. The molecule has 10 heteroatoms.